The molecule has 4 nitrogen and oxygen atoms in total. The van der Waals surface area contributed by atoms with Crippen molar-refractivity contribution in [2.75, 3.05) is 5.73 Å². The number of nitrogens with one attached hydrogen (secondary N) is 1. The second-order valence-electron chi connectivity index (χ2n) is 2.00. The Hall–Kier alpha value is -1.10. The van der Waals surface area contributed by atoms with E-state index in [2.05, 4.69) is 15.9 Å². The number of halogens is 1. The van der Waals surface area contributed by atoms with Crippen molar-refractivity contribution in [3.63, 3.8) is 0 Å². The topological polar surface area (TPSA) is 74.0 Å². The third-order valence-corrected chi connectivity index (χ3v) is 1.86. The van der Waals surface area contributed by atoms with E-state index < -0.39 is 0 Å². The van der Waals surface area contributed by atoms with Crippen LogP contribution in [0.5, 0.6) is 0 Å². The van der Waals surface area contributed by atoms with Crippen LogP contribution in [0.4, 0.5) is 5.69 Å². The van der Waals surface area contributed by atoms with E-state index in [9.17, 15) is 0 Å². The zero-order chi connectivity index (χ0) is 8.43. The maximum Gasteiger partial charge on any atom is 0.245 e. The summed E-state index contributed by atoms with van der Waals surface area (Å²) in [5.41, 5.74) is 6.39. The fourth-order valence-electron chi connectivity index (χ4n) is 0.725. The average molecular weight is 217 g/mol. The first kappa shape index (κ1) is 8.00. The van der Waals surface area contributed by atoms with Crippen LogP contribution in [0.1, 0.15) is 5.56 Å². The highest BCUT2D eigenvalue weighted by atomic mass is 79.9. The van der Waals surface area contributed by atoms with Gasteiger partial charge in [-0.2, -0.15) is 0 Å². The molecule has 1 aromatic rings. The van der Waals surface area contributed by atoms with Gasteiger partial charge in [-0.15, -0.1) is 0 Å². The van der Waals surface area contributed by atoms with Gasteiger partial charge in [0.15, 0.2) is 0 Å². The van der Waals surface area contributed by atoms with Gasteiger partial charge in [-0.1, -0.05) is 0 Å². The van der Waals surface area contributed by atoms with Crippen molar-refractivity contribution < 1.29 is 9.94 Å². The van der Waals surface area contributed by atoms with Crippen LogP contribution in [-0.2, 0) is 0 Å². The van der Waals surface area contributed by atoms with Gasteiger partial charge in [0.2, 0.25) is 12.4 Å². The molecule has 58 valence electrons. The molecule has 0 saturated carbocycles. The number of nitrogens with zero attached hydrogens (tertiary/aromatic N) is 1. The van der Waals surface area contributed by atoms with Crippen LogP contribution in [-0.4, -0.2) is 11.4 Å². The lowest BCUT2D eigenvalue weighted by Gasteiger charge is -1.96. The second-order valence-corrected chi connectivity index (χ2v) is 2.85. The molecule has 0 aliphatic rings. The molecule has 11 heavy (non-hydrogen) atoms. The maximum atomic E-state index is 8.95. The van der Waals surface area contributed by atoms with Crippen molar-refractivity contribution in [1.82, 2.24) is 0 Å². The minimum Gasteiger partial charge on any atom is -0.393 e. The number of nitrogens with two attached hydrogens (primary N) is 1. The Morgan fingerprint density at radius 3 is 2.73 bits per heavy atom. The maximum absolute atomic E-state index is 8.95. The third-order valence-electron chi connectivity index (χ3n) is 1.23. The molecular formula is C6H7BrN3O+. The van der Waals surface area contributed by atoms with E-state index in [0.29, 0.717) is 15.7 Å². The van der Waals surface area contributed by atoms with Crippen LogP contribution in [0, 0.1) is 5.41 Å². The molecule has 0 aliphatic heterocycles. The first-order valence-corrected chi connectivity index (χ1v) is 3.64. The monoisotopic (exact) mass is 216 g/mol. The fraction of sp³-hybridized carbons (Fsp3) is 0. The van der Waals surface area contributed by atoms with Crippen molar-refractivity contribution in [3.05, 3.63) is 22.4 Å². The van der Waals surface area contributed by atoms with Gasteiger partial charge in [0, 0.05) is 16.5 Å². The molecular weight excluding hydrogens is 210 g/mol. The Labute approximate surface area is 71.9 Å². The SMILES string of the molecule is N=Cc1c(N)c[n+](O)cc1Br. The number of hydrogen-bond donors (Lipinski definition) is 3. The van der Waals surface area contributed by atoms with Crippen LogP contribution in [0.15, 0.2) is 16.9 Å². The molecule has 0 unspecified atom stereocenters. The summed E-state index contributed by atoms with van der Waals surface area (Å²) in [6.07, 6.45) is 3.86. The molecule has 0 saturated heterocycles. The number of hydrogen-bond acceptors (Lipinski definition) is 3. The molecule has 0 spiro atoms. The van der Waals surface area contributed by atoms with Gasteiger partial charge >= 0.3 is 0 Å². The number of aromatic nitrogens is 1. The standard InChI is InChI=1S/C6H7BrN3O/c7-5-2-10(11)3-6(9)4(5)1-8/h1-3,8,11H,9H2/q+1. The van der Waals surface area contributed by atoms with Crippen molar-refractivity contribution >= 4 is 27.8 Å². The summed E-state index contributed by atoms with van der Waals surface area (Å²) in [7, 11) is 0. The quantitative estimate of drug-likeness (QED) is 0.365. The molecule has 0 bridgehead atoms. The Morgan fingerprint density at radius 2 is 2.27 bits per heavy atom. The van der Waals surface area contributed by atoms with Crippen molar-refractivity contribution in [2.45, 2.75) is 0 Å². The number of rotatable bonds is 1. The molecule has 0 aliphatic carbocycles. The lowest BCUT2D eigenvalue weighted by Crippen LogP contribution is -2.30. The Bertz CT molecular complexity index is 277. The van der Waals surface area contributed by atoms with E-state index in [4.69, 9.17) is 16.4 Å². The molecule has 0 aromatic carbocycles. The van der Waals surface area contributed by atoms with E-state index in [0.717, 1.165) is 10.9 Å². The zero-order valence-corrected chi connectivity index (χ0v) is 7.17. The minimum atomic E-state index is 0.358. The highest BCUT2D eigenvalue weighted by Crippen LogP contribution is 2.16. The largest absolute Gasteiger partial charge is 0.393 e. The predicted octanol–water partition coefficient (Wildman–Crippen LogP) is 0.554. The molecule has 5 heteroatoms. The second kappa shape index (κ2) is 2.87. The highest BCUT2D eigenvalue weighted by molar-refractivity contribution is 9.10. The summed E-state index contributed by atoms with van der Waals surface area (Å²) >= 11 is 3.15. The van der Waals surface area contributed by atoms with Crippen LogP contribution >= 0.6 is 15.9 Å². The zero-order valence-electron chi connectivity index (χ0n) is 5.58. The summed E-state index contributed by atoms with van der Waals surface area (Å²) in [6, 6.07) is 0. The molecule has 0 atom stereocenters. The van der Waals surface area contributed by atoms with Gasteiger partial charge in [-0.25, -0.2) is 0 Å². The summed E-state index contributed by atoms with van der Waals surface area (Å²) in [6.45, 7) is 0. The van der Waals surface area contributed by atoms with Crippen molar-refractivity contribution in [2.24, 2.45) is 0 Å². The molecule has 0 amide bonds. The van der Waals surface area contributed by atoms with E-state index in [1.807, 2.05) is 0 Å². The van der Waals surface area contributed by atoms with E-state index in [1.165, 1.54) is 12.4 Å². The highest BCUT2D eigenvalue weighted by Gasteiger charge is 2.09. The van der Waals surface area contributed by atoms with Gasteiger partial charge in [-0.3, -0.25) is 5.21 Å². The average Bonchev–Trinajstić information content (AvgIpc) is 1.85. The molecule has 1 heterocycles. The lowest BCUT2D eigenvalue weighted by atomic mass is 10.2. The van der Waals surface area contributed by atoms with Crippen LogP contribution in [0.2, 0.25) is 0 Å². The summed E-state index contributed by atoms with van der Waals surface area (Å²) in [4.78, 5) is 0. The molecule has 4 N–H and O–H groups in total. The van der Waals surface area contributed by atoms with Gasteiger partial charge in [-0.05, 0) is 15.9 Å². The van der Waals surface area contributed by atoms with Crippen molar-refractivity contribution in [3.8, 4) is 0 Å². The van der Waals surface area contributed by atoms with Crippen LogP contribution in [0.25, 0.3) is 0 Å². The van der Waals surface area contributed by atoms with Gasteiger partial charge in [0.1, 0.15) is 5.69 Å². The molecule has 0 fully saturated rings. The van der Waals surface area contributed by atoms with E-state index in [-0.39, 0.29) is 0 Å². The number of pyridine rings is 1. The molecule has 1 aromatic heterocycles. The van der Waals surface area contributed by atoms with Crippen LogP contribution in [0.3, 0.4) is 0 Å². The van der Waals surface area contributed by atoms with Crippen molar-refractivity contribution in [1.29, 1.82) is 5.41 Å². The summed E-state index contributed by atoms with van der Waals surface area (Å²) < 4.78 is 1.43. The smallest absolute Gasteiger partial charge is 0.245 e. The Morgan fingerprint density at radius 1 is 1.64 bits per heavy atom. The van der Waals surface area contributed by atoms with E-state index in [1.54, 1.807) is 0 Å². The Balaban J connectivity index is 3.36. The first-order valence-electron chi connectivity index (χ1n) is 2.85. The van der Waals surface area contributed by atoms with E-state index >= 15 is 0 Å². The normalized spacial score (nSPS) is 9.55. The molecule has 1 rings (SSSR count). The number of nitrogen functional groups attached to an aromatic ring is 1. The lowest BCUT2D eigenvalue weighted by molar-refractivity contribution is -0.904. The van der Waals surface area contributed by atoms with Gasteiger partial charge in [0.25, 0.3) is 0 Å². The fourth-order valence-corrected chi connectivity index (χ4v) is 1.28. The first-order chi connectivity index (χ1) is 5.15. The summed E-state index contributed by atoms with van der Waals surface area (Å²) in [5.74, 6) is 0. The Kier molecular flexibility index (Phi) is 2.09. The van der Waals surface area contributed by atoms with Gasteiger partial charge in [0.05, 0.1) is 4.47 Å². The minimum absolute atomic E-state index is 0.358. The number of anilines is 1. The predicted molar refractivity (Wildman–Crippen MR) is 43.8 cm³/mol. The summed E-state index contributed by atoms with van der Waals surface area (Å²) in [5, 5.41) is 15.9. The van der Waals surface area contributed by atoms with Gasteiger partial charge < -0.3 is 11.1 Å². The third kappa shape index (κ3) is 1.48. The van der Waals surface area contributed by atoms with Crippen LogP contribution < -0.4 is 10.5 Å². The molecule has 0 radical (unpaired) electrons.